The van der Waals surface area contributed by atoms with Crippen LogP contribution in [0.1, 0.15) is 24.5 Å². The third-order valence-corrected chi connectivity index (χ3v) is 6.18. The van der Waals surface area contributed by atoms with Crippen LogP contribution in [0.2, 0.25) is 0 Å². The summed E-state index contributed by atoms with van der Waals surface area (Å²) in [7, 11) is 0. The Morgan fingerprint density at radius 1 is 0.812 bits per heavy atom. The average Bonchev–Trinajstić information content (AvgIpc) is 3.39. The highest BCUT2D eigenvalue weighted by molar-refractivity contribution is 6.09. The Bertz CT molecular complexity index is 1530. The number of aromatic nitrogens is 2. The molecule has 6 aromatic rings. The van der Waals surface area contributed by atoms with E-state index < -0.39 is 0 Å². The summed E-state index contributed by atoms with van der Waals surface area (Å²) < 4.78 is 8.57. The van der Waals surface area contributed by atoms with Crippen LogP contribution >= 0.6 is 0 Å². The highest BCUT2D eigenvalue weighted by atomic mass is 16.3. The van der Waals surface area contributed by atoms with Gasteiger partial charge in [0, 0.05) is 22.0 Å². The average molecular weight is 417 g/mol. The molecule has 3 nitrogen and oxygen atoms in total. The summed E-state index contributed by atoms with van der Waals surface area (Å²) in [6.45, 7) is 4.31. The Kier molecular flexibility index (Phi) is 4.36. The monoisotopic (exact) mass is 416 g/mol. The van der Waals surface area contributed by atoms with Crippen LogP contribution in [-0.4, -0.2) is 9.55 Å². The zero-order chi connectivity index (χ0) is 21.7. The minimum atomic E-state index is 0.678. The van der Waals surface area contributed by atoms with Crippen molar-refractivity contribution in [1.29, 1.82) is 0 Å². The maximum Gasteiger partial charge on any atom is 0.227 e. The first kappa shape index (κ1) is 18.9. The molecule has 0 unspecified atom stereocenters. The standard InChI is InChI=1S/C29H24N2O/c1-3-8-21-17-19(2)18-25-28(21)32-29(30-25)20-13-15-22(16-14-20)31-26-11-6-4-9-23(26)24-10-5-7-12-27(24)31/h4-7,9-18H,3,8H2,1-2H3. The number of nitrogens with zero attached hydrogens (tertiary/aromatic N) is 2. The molecule has 4 aromatic carbocycles. The lowest BCUT2D eigenvalue weighted by molar-refractivity contribution is 0.614. The first-order chi connectivity index (χ1) is 15.7. The minimum Gasteiger partial charge on any atom is -0.436 e. The number of fused-ring (bicyclic) bond motifs is 4. The van der Waals surface area contributed by atoms with E-state index >= 15 is 0 Å². The van der Waals surface area contributed by atoms with Gasteiger partial charge in [-0.2, -0.15) is 0 Å². The van der Waals surface area contributed by atoms with Crippen LogP contribution in [0.15, 0.2) is 89.3 Å². The summed E-state index contributed by atoms with van der Waals surface area (Å²) >= 11 is 0. The Morgan fingerprint density at radius 2 is 1.47 bits per heavy atom. The van der Waals surface area contributed by atoms with Crippen LogP contribution in [0.25, 0.3) is 50.0 Å². The predicted molar refractivity (Wildman–Crippen MR) is 133 cm³/mol. The van der Waals surface area contributed by atoms with Crippen LogP contribution in [-0.2, 0) is 6.42 Å². The second-order valence-corrected chi connectivity index (χ2v) is 8.46. The smallest absolute Gasteiger partial charge is 0.227 e. The number of hydrogen-bond donors (Lipinski definition) is 0. The fourth-order valence-electron chi connectivity index (χ4n) is 4.79. The molecule has 0 aliphatic rings. The second-order valence-electron chi connectivity index (χ2n) is 8.46. The van der Waals surface area contributed by atoms with E-state index in [9.17, 15) is 0 Å². The quantitative estimate of drug-likeness (QED) is 0.293. The van der Waals surface area contributed by atoms with Gasteiger partial charge in [0.15, 0.2) is 5.58 Å². The SMILES string of the molecule is CCCc1cc(C)cc2nc(-c3ccc(-n4c5ccccc5c5ccccc54)cc3)oc12. The molecule has 0 spiro atoms. The lowest BCUT2D eigenvalue weighted by atomic mass is 10.1. The maximum atomic E-state index is 6.25. The molecule has 0 aliphatic heterocycles. The predicted octanol–water partition coefficient (Wildman–Crippen LogP) is 7.85. The van der Waals surface area contributed by atoms with Crippen molar-refractivity contribution in [3.05, 3.63) is 96.1 Å². The van der Waals surface area contributed by atoms with Gasteiger partial charge in [0.25, 0.3) is 0 Å². The van der Waals surface area contributed by atoms with Gasteiger partial charge in [-0.25, -0.2) is 4.98 Å². The van der Waals surface area contributed by atoms with Crippen molar-refractivity contribution in [1.82, 2.24) is 9.55 Å². The van der Waals surface area contributed by atoms with Crippen LogP contribution in [0.5, 0.6) is 0 Å². The van der Waals surface area contributed by atoms with Gasteiger partial charge >= 0.3 is 0 Å². The van der Waals surface area contributed by atoms with E-state index in [0.717, 1.165) is 35.2 Å². The van der Waals surface area contributed by atoms with Crippen LogP contribution < -0.4 is 0 Å². The largest absolute Gasteiger partial charge is 0.436 e. The minimum absolute atomic E-state index is 0.678. The number of aryl methyl sites for hydroxylation is 2. The molecular weight excluding hydrogens is 392 g/mol. The van der Waals surface area contributed by atoms with E-state index in [1.807, 2.05) is 0 Å². The van der Waals surface area contributed by atoms with E-state index in [0.29, 0.717) is 5.89 Å². The van der Waals surface area contributed by atoms with Gasteiger partial charge in [-0.1, -0.05) is 55.8 Å². The summed E-state index contributed by atoms with van der Waals surface area (Å²) in [4.78, 5) is 4.81. The molecule has 0 saturated heterocycles. The van der Waals surface area contributed by atoms with Crippen molar-refractivity contribution < 1.29 is 4.42 Å². The second kappa shape index (κ2) is 7.38. The van der Waals surface area contributed by atoms with Crippen molar-refractivity contribution in [2.75, 3.05) is 0 Å². The highest BCUT2D eigenvalue weighted by Crippen LogP contribution is 2.33. The Morgan fingerprint density at radius 3 is 2.12 bits per heavy atom. The number of oxazole rings is 1. The number of hydrogen-bond acceptors (Lipinski definition) is 2. The van der Waals surface area contributed by atoms with Crippen LogP contribution in [0.4, 0.5) is 0 Å². The molecule has 0 fully saturated rings. The lowest BCUT2D eigenvalue weighted by Crippen LogP contribution is -1.93. The molecule has 0 bridgehead atoms. The molecule has 3 heteroatoms. The van der Waals surface area contributed by atoms with Gasteiger partial charge in [0.2, 0.25) is 5.89 Å². The molecule has 2 heterocycles. The van der Waals surface area contributed by atoms with E-state index in [4.69, 9.17) is 9.40 Å². The summed E-state index contributed by atoms with van der Waals surface area (Å²) in [6, 6.07) is 30.0. The summed E-state index contributed by atoms with van der Waals surface area (Å²) in [5, 5.41) is 2.54. The molecule has 6 rings (SSSR count). The third kappa shape index (κ3) is 2.93. The lowest BCUT2D eigenvalue weighted by Gasteiger charge is -2.08. The number of benzene rings is 4. The van der Waals surface area contributed by atoms with Crippen LogP contribution in [0.3, 0.4) is 0 Å². The van der Waals surface area contributed by atoms with Gasteiger partial charge < -0.3 is 8.98 Å². The molecule has 32 heavy (non-hydrogen) atoms. The molecule has 0 aliphatic carbocycles. The summed E-state index contributed by atoms with van der Waals surface area (Å²) in [5.41, 5.74) is 8.86. The molecule has 0 amide bonds. The normalized spacial score (nSPS) is 11.7. The molecule has 0 atom stereocenters. The van der Waals surface area contributed by atoms with Crippen LogP contribution in [0, 0.1) is 6.92 Å². The van der Waals surface area contributed by atoms with E-state index in [1.54, 1.807) is 0 Å². The molecule has 0 N–H and O–H groups in total. The molecule has 0 radical (unpaired) electrons. The van der Waals surface area contributed by atoms with Gasteiger partial charge in [0.1, 0.15) is 5.52 Å². The van der Waals surface area contributed by atoms with E-state index in [-0.39, 0.29) is 0 Å². The van der Waals surface area contributed by atoms with E-state index in [1.165, 1.54) is 32.9 Å². The molecule has 2 aromatic heterocycles. The Labute approximate surface area is 186 Å². The molecular formula is C29H24N2O. The molecule has 156 valence electrons. The van der Waals surface area contributed by atoms with Gasteiger partial charge in [0.05, 0.1) is 11.0 Å². The summed E-state index contributed by atoms with van der Waals surface area (Å²) in [6.07, 6.45) is 2.08. The van der Waals surface area contributed by atoms with E-state index in [2.05, 4.69) is 103 Å². The van der Waals surface area contributed by atoms with Crippen molar-refractivity contribution in [2.24, 2.45) is 0 Å². The van der Waals surface area contributed by atoms with Crippen molar-refractivity contribution >= 4 is 32.9 Å². The maximum absolute atomic E-state index is 6.25. The van der Waals surface area contributed by atoms with Crippen molar-refractivity contribution in [3.63, 3.8) is 0 Å². The zero-order valence-corrected chi connectivity index (χ0v) is 18.3. The Hall–Kier alpha value is -3.85. The fraction of sp³-hybridized carbons (Fsp3) is 0.138. The first-order valence-corrected chi connectivity index (χ1v) is 11.2. The van der Waals surface area contributed by atoms with Crippen molar-refractivity contribution in [3.8, 4) is 17.1 Å². The topological polar surface area (TPSA) is 31.0 Å². The zero-order valence-electron chi connectivity index (χ0n) is 18.3. The Balaban J connectivity index is 1.47. The third-order valence-electron chi connectivity index (χ3n) is 6.18. The first-order valence-electron chi connectivity index (χ1n) is 11.2. The molecule has 0 saturated carbocycles. The fourth-order valence-corrected chi connectivity index (χ4v) is 4.79. The highest BCUT2D eigenvalue weighted by Gasteiger charge is 2.14. The summed E-state index contributed by atoms with van der Waals surface area (Å²) in [5.74, 6) is 0.678. The van der Waals surface area contributed by atoms with Crippen molar-refractivity contribution in [2.45, 2.75) is 26.7 Å². The van der Waals surface area contributed by atoms with Gasteiger partial charge in [-0.15, -0.1) is 0 Å². The number of para-hydroxylation sites is 2. The number of rotatable bonds is 4. The van der Waals surface area contributed by atoms with Gasteiger partial charge in [-0.05, 0) is 66.9 Å². The van der Waals surface area contributed by atoms with Gasteiger partial charge in [-0.3, -0.25) is 0 Å².